The fourth-order valence-corrected chi connectivity index (χ4v) is 1.68. The summed E-state index contributed by atoms with van der Waals surface area (Å²) in [6.45, 7) is 7.94. The zero-order valence-electron chi connectivity index (χ0n) is 9.56. The predicted octanol–water partition coefficient (Wildman–Crippen LogP) is 1.54. The fraction of sp³-hybridized carbons (Fsp3) is 0.889. The van der Waals surface area contributed by atoms with Crippen LogP contribution < -0.4 is 5.25 Å². The van der Waals surface area contributed by atoms with Crippen molar-refractivity contribution in [2.24, 2.45) is 17.3 Å². The molecule has 0 aliphatic heterocycles. The second-order valence-electron chi connectivity index (χ2n) is 4.13. The number of rotatable bonds is 6. The van der Waals surface area contributed by atoms with E-state index in [1.165, 1.54) is 0 Å². The summed E-state index contributed by atoms with van der Waals surface area (Å²) in [6, 6.07) is 2.27. The van der Waals surface area contributed by atoms with Gasteiger partial charge in [0.25, 0.3) is 8.53 Å². The van der Waals surface area contributed by atoms with Crippen LogP contribution >= 0.6 is 8.53 Å². The largest absolute Gasteiger partial charge is 0.337 e. The third kappa shape index (κ3) is 4.02. The van der Waals surface area contributed by atoms with Crippen molar-refractivity contribution in [1.82, 2.24) is 5.25 Å². The van der Waals surface area contributed by atoms with Crippen molar-refractivity contribution < 1.29 is 14.6 Å². The van der Waals surface area contributed by atoms with Gasteiger partial charge in [0.2, 0.25) is 0 Å². The Labute approximate surface area is 92.0 Å². The second kappa shape index (κ2) is 6.37. The van der Waals surface area contributed by atoms with Crippen molar-refractivity contribution >= 4 is 8.53 Å². The number of nitrogens with zero attached hydrogens (tertiary/aromatic N) is 1. The monoisotopic (exact) mass is 234 g/mol. The van der Waals surface area contributed by atoms with Crippen molar-refractivity contribution in [3.05, 3.63) is 0 Å². The summed E-state index contributed by atoms with van der Waals surface area (Å²) in [5.74, 6) is 0.265. The number of hydrogen-bond donors (Lipinski definition) is 3. The maximum atomic E-state index is 9.21. The first-order chi connectivity index (χ1) is 6.86. The maximum absolute atomic E-state index is 9.21. The highest BCUT2D eigenvalue weighted by atomic mass is 31.2. The normalized spacial score (nSPS) is 12.5. The van der Waals surface area contributed by atoms with E-state index >= 15 is 0 Å². The van der Waals surface area contributed by atoms with Crippen LogP contribution in [0.5, 0.6) is 0 Å². The zero-order chi connectivity index (χ0) is 12.1. The Balaban J connectivity index is 4.45. The predicted molar refractivity (Wildman–Crippen MR) is 58.2 cm³/mol. The van der Waals surface area contributed by atoms with Gasteiger partial charge in [0.1, 0.15) is 0 Å². The van der Waals surface area contributed by atoms with Gasteiger partial charge in [0, 0.05) is 0 Å². The summed E-state index contributed by atoms with van der Waals surface area (Å²) in [6.07, 6.45) is 0. The lowest BCUT2D eigenvalue weighted by atomic mass is 9.71. The molecule has 0 rings (SSSR count). The van der Waals surface area contributed by atoms with Crippen molar-refractivity contribution in [2.75, 3.05) is 6.61 Å². The molecule has 0 aromatic carbocycles. The van der Waals surface area contributed by atoms with E-state index in [9.17, 15) is 5.26 Å². The first kappa shape index (κ1) is 14.8. The van der Waals surface area contributed by atoms with Gasteiger partial charge in [-0.05, 0) is 11.8 Å². The topological polar surface area (TPSA) is 85.5 Å². The van der Waals surface area contributed by atoms with E-state index < -0.39 is 13.9 Å². The molecule has 5 nitrogen and oxygen atoms in total. The van der Waals surface area contributed by atoms with Gasteiger partial charge in [-0.15, -0.1) is 5.25 Å². The van der Waals surface area contributed by atoms with Crippen LogP contribution in [0, 0.1) is 28.6 Å². The number of nitriles is 1. The van der Waals surface area contributed by atoms with Crippen molar-refractivity contribution in [3.63, 3.8) is 0 Å². The molecule has 6 heteroatoms. The lowest BCUT2D eigenvalue weighted by Gasteiger charge is -2.34. The Morgan fingerprint density at radius 3 is 2.07 bits per heavy atom. The number of hydrogen-bond acceptors (Lipinski definition) is 5. The molecule has 0 spiro atoms. The summed E-state index contributed by atoms with van der Waals surface area (Å²) >= 11 is 0. The molecule has 88 valence electrons. The quantitative estimate of drug-likeness (QED) is 0.479. The van der Waals surface area contributed by atoms with Gasteiger partial charge in [-0.2, -0.15) is 5.26 Å². The van der Waals surface area contributed by atoms with E-state index in [2.05, 4.69) is 11.3 Å². The van der Waals surface area contributed by atoms with Gasteiger partial charge >= 0.3 is 0 Å². The minimum Gasteiger partial charge on any atom is -0.337 e. The first-order valence-electron chi connectivity index (χ1n) is 4.83. The fourth-order valence-electron chi connectivity index (χ4n) is 1.50. The molecule has 0 atom stereocenters. The molecule has 0 unspecified atom stereocenters. The van der Waals surface area contributed by atoms with Crippen LogP contribution in [0.4, 0.5) is 0 Å². The molecule has 0 radical (unpaired) electrons. The van der Waals surface area contributed by atoms with Crippen molar-refractivity contribution in [2.45, 2.75) is 27.7 Å². The average molecular weight is 234 g/mol. The molecular weight excluding hydrogens is 215 g/mol. The molecule has 0 amide bonds. The standard InChI is InChI=1S/C9H19N2O3P/c1-7(2)9(5-10,8(3)4)6-14-11-15(12)13/h7-8,11-13H,6H2,1-4H3. The van der Waals surface area contributed by atoms with Gasteiger partial charge in [-0.25, -0.2) is 0 Å². The minimum absolute atomic E-state index is 0.132. The SMILES string of the molecule is CC(C)C(C#N)(CONP(O)O)C(C)C. The van der Waals surface area contributed by atoms with Gasteiger partial charge in [0.05, 0.1) is 18.1 Å². The molecule has 0 aliphatic carbocycles. The first-order valence-corrected chi connectivity index (χ1v) is 6.08. The smallest absolute Gasteiger partial charge is 0.275 e. The van der Waals surface area contributed by atoms with Crippen molar-refractivity contribution in [1.29, 1.82) is 5.26 Å². The molecule has 0 aromatic heterocycles. The van der Waals surface area contributed by atoms with Crippen LogP contribution in [0.3, 0.4) is 0 Å². The summed E-state index contributed by atoms with van der Waals surface area (Å²) in [7, 11) is -2.28. The second-order valence-corrected chi connectivity index (χ2v) is 4.89. The van der Waals surface area contributed by atoms with Crippen LogP contribution in [0.2, 0.25) is 0 Å². The molecular formula is C9H19N2O3P. The molecule has 15 heavy (non-hydrogen) atoms. The summed E-state index contributed by atoms with van der Waals surface area (Å²) < 4.78 is 0. The molecule has 3 N–H and O–H groups in total. The van der Waals surface area contributed by atoms with Crippen LogP contribution in [0.25, 0.3) is 0 Å². The maximum Gasteiger partial charge on any atom is 0.275 e. The van der Waals surface area contributed by atoms with E-state index in [4.69, 9.17) is 14.6 Å². The van der Waals surface area contributed by atoms with Gasteiger partial charge in [-0.1, -0.05) is 27.7 Å². The lowest BCUT2D eigenvalue weighted by Crippen LogP contribution is -2.37. The van der Waals surface area contributed by atoms with Gasteiger partial charge < -0.3 is 9.79 Å². The highest BCUT2D eigenvalue weighted by molar-refractivity contribution is 7.42. The van der Waals surface area contributed by atoms with Crippen LogP contribution in [0.15, 0.2) is 0 Å². The van der Waals surface area contributed by atoms with E-state index in [1.807, 2.05) is 27.7 Å². The molecule has 0 heterocycles. The van der Waals surface area contributed by atoms with Gasteiger partial charge in [-0.3, -0.25) is 4.84 Å². The van der Waals surface area contributed by atoms with E-state index in [1.54, 1.807) is 0 Å². The number of nitrogens with one attached hydrogen (secondary N) is 1. The Hall–Kier alpha value is -0.240. The van der Waals surface area contributed by atoms with Crippen LogP contribution in [0.1, 0.15) is 27.7 Å². The summed E-state index contributed by atoms with van der Waals surface area (Å²) in [4.78, 5) is 22.1. The Bertz CT molecular complexity index is 218. The molecule has 0 aromatic rings. The van der Waals surface area contributed by atoms with E-state index in [-0.39, 0.29) is 18.4 Å². The zero-order valence-corrected chi connectivity index (χ0v) is 10.5. The molecule has 0 saturated heterocycles. The van der Waals surface area contributed by atoms with E-state index in [0.29, 0.717) is 0 Å². The Morgan fingerprint density at radius 1 is 1.33 bits per heavy atom. The third-order valence-electron chi connectivity index (χ3n) is 2.73. The molecule has 0 aliphatic rings. The Kier molecular flexibility index (Phi) is 6.26. The highest BCUT2D eigenvalue weighted by Gasteiger charge is 2.38. The highest BCUT2D eigenvalue weighted by Crippen LogP contribution is 2.35. The van der Waals surface area contributed by atoms with E-state index in [0.717, 1.165) is 0 Å². The third-order valence-corrected chi connectivity index (χ3v) is 3.02. The minimum atomic E-state index is -2.28. The van der Waals surface area contributed by atoms with Gasteiger partial charge in [0.15, 0.2) is 0 Å². The summed E-state index contributed by atoms with van der Waals surface area (Å²) in [5, 5.41) is 11.3. The average Bonchev–Trinajstić information content (AvgIpc) is 2.10. The Morgan fingerprint density at radius 2 is 1.80 bits per heavy atom. The molecule has 0 saturated carbocycles. The van der Waals surface area contributed by atoms with Crippen LogP contribution in [-0.4, -0.2) is 16.4 Å². The molecule has 0 bridgehead atoms. The lowest BCUT2D eigenvalue weighted by molar-refractivity contribution is -0.00739. The molecule has 0 fully saturated rings. The van der Waals surface area contributed by atoms with Crippen LogP contribution in [-0.2, 0) is 4.84 Å². The van der Waals surface area contributed by atoms with Crippen molar-refractivity contribution in [3.8, 4) is 6.07 Å². The summed E-state index contributed by atoms with van der Waals surface area (Å²) in [5.41, 5.74) is -0.613.